The summed E-state index contributed by atoms with van der Waals surface area (Å²) in [5, 5.41) is 10.4. The quantitative estimate of drug-likeness (QED) is 0.588. The highest BCUT2D eigenvalue weighted by Crippen LogP contribution is 2.17. The number of nitrogens with zero attached hydrogens (tertiary/aromatic N) is 1. The van der Waals surface area contributed by atoms with Crippen molar-refractivity contribution in [2.24, 2.45) is 0 Å². The highest BCUT2D eigenvalue weighted by Gasteiger charge is 2.03. The number of rotatable bonds is 1. The molecule has 1 N–H and O–H groups in total. The Bertz CT molecular complexity index is 140. The first-order chi connectivity index (χ1) is 5.30. The zero-order chi connectivity index (χ0) is 8.10. The highest BCUT2D eigenvalue weighted by atomic mass is 16.5. The van der Waals surface area contributed by atoms with Crippen LogP contribution in [0.25, 0.3) is 0 Å². The van der Waals surface area contributed by atoms with Gasteiger partial charge in [-0.05, 0) is 25.7 Å². The maximum Gasteiger partial charge on any atom is 0.0365 e. The molecule has 1 aliphatic rings. The van der Waals surface area contributed by atoms with E-state index in [1.54, 1.807) is 7.05 Å². The second kappa shape index (κ2) is 4.39. The standard InChI is InChI=1S/C9H17NO/c1-10(11)9-7-5-3-2-4-6-8-9/h7,11H,2-6,8H2,1H3. The third kappa shape index (κ3) is 2.93. The molecule has 0 saturated heterocycles. The smallest absolute Gasteiger partial charge is 0.0365 e. The first-order valence-electron chi connectivity index (χ1n) is 4.42. The lowest BCUT2D eigenvalue weighted by Crippen LogP contribution is -2.12. The molecule has 0 fully saturated rings. The highest BCUT2D eigenvalue weighted by molar-refractivity contribution is 4.98. The van der Waals surface area contributed by atoms with Crippen LogP contribution in [0.3, 0.4) is 0 Å². The van der Waals surface area contributed by atoms with Gasteiger partial charge in [0.15, 0.2) is 0 Å². The van der Waals surface area contributed by atoms with E-state index < -0.39 is 0 Å². The number of hydrogen-bond donors (Lipinski definition) is 1. The summed E-state index contributed by atoms with van der Waals surface area (Å²) in [4.78, 5) is 0. The van der Waals surface area contributed by atoms with Crippen LogP contribution < -0.4 is 0 Å². The van der Waals surface area contributed by atoms with Crippen molar-refractivity contribution in [2.75, 3.05) is 7.05 Å². The molecule has 64 valence electrons. The van der Waals surface area contributed by atoms with Crippen molar-refractivity contribution in [3.05, 3.63) is 11.8 Å². The Morgan fingerprint density at radius 2 is 2.00 bits per heavy atom. The number of hydroxylamine groups is 2. The van der Waals surface area contributed by atoms with Gasteiger partial charge in [-0.2, -0.15) is 0 Å². The fraction of sp³-hybridized carbons (Fsp3) is 0.778. The van der Waals surface area contributed by atoms with E-state index in [0.29, 0.717) is 0 Å². The monoisotopic (exact) mass is 155 g/mol. The van der Waals surface area contributed by atoms with E-state index in [1.165, 1.54) is 30.7 Å². The Balaban J connectivity index is 2.45. The number of hydrogen-bond acceptors (Lipinski definition) is 2. The van der Waals surface area contributed by atoms with Crippen LogP contribution in [0.2, 0.25) is 0 Å². The first kappa shape index (κ1) is 8.60. The molecule has 0 heterocycles. The molecule has 1 aliphatic carbocycles. The molecule has 0 aromatic heterocycles. The van der Waals surface area contributed by atoms with E-state index in [2.05, 4.69) is 6.08 Å². The minimum atomic E-state index is 1.03. The van der Waals surface area contributed by atoms with E-state index in [0.717, 1.165) is 18.5 Å². The average molecular weight is 155 g/mol. The molecular formula is C9H17NO. The molecule has 0 aliphatic heterocycles. The topological polar surface area (TPSA) is 23.5 Å². The van der Waals surface area contributed by atoms with Crippen molar-refractivity contribution in [3.8, 4) is 0 Å². The van der Waals surface area contributed by atoms with E-state index >= 15 is 0 Å². The van der Waals surface area contributed by atoms with Crippen LogP contribution in [0.1, 0.15) is 38.5 Å². The van der Waals surface area contributed by atoms with Gasteiger partial charge in [-0.15, -0.1) is 0 Å². The van der Waals surface area contributed by atoms with Crippen molar-refractivity contribution >= 4 is 0 Å². The predicted octanol–water partition coefficient (Wildman–Crippen LogP) is 2.55. The van der Waals surface area contributed by atoms with Crippen LogP contribution in [0.15, 0.2) is 11.8 Å². The van der Waals surface area contributed by atoms with Crippen LogP contribution in [0.4, 0.5) is 0 Å². The van der Waals surface area contributed by atoms with Gasteiger partial charge in [0.25, 0.3) is 0 Å². The summed E-state index contributed by atoms with van der Waals surface area (Å²) in [5.74, 6) is 0. The van der Waals surface area contributed by atoms with Gasteiger partial charge in [0.05, 0.1) is 0 Å². The Kier molecular flexibility index (Phi) is 3.43. The van der Waals surface area contributed by atoms with Gasteiger partial charge < -0.3 is 0 Å². The molecule has 11 heavy (non-hydrogen) atoms. The van der Waals surface area contributed by atoms with Crippen LogP contribution in [0, 0.1) is 0 Å². The SMILES string of the molecule is CN(O)C1=CCCCCCC1. The van der Waals surface area contributed by atoms with Crippen molar-refractivity contribution in [2.45, 2.75) is 38.5 Å². The Hall–Kier alpha value is -0.500. The van der Waals surface area contributed by atoms with Crippen molar-refractivity contribution < 1.29 is 5.21 Å². The van der Waals surface area contributed by atoms with Gasteiger partial charge in [-0.3, -0.25) is 10.3 Å². The summed E-state index contributed by atoms with van der Waals surface area (Å²) in [5.41, 5.74) is 1.09. The minimum Gasteiger partial charge on any atom is -0.289 e. The summed E-state index contributed by atoms with van der Waals surface area (Å²) in [6, 6.07) is 0. The van der Waals surface area contributed by atoms with Crippen LogP contribution >= 0.6 is 0 Å². The number of allylic oxidation sites excluding steroid dienone is 2. The summed E-state index contributed by atoms with van der Waals surface area (Å²) in [7, 11) is 1.70. The molecule has 1 rings (SSSR count). The lowest BCUT2D eigenvalue weighted by molar-refractivity contribution is -0.0324. The predicted molar refractivity (Wildman–Crippen MR) is 45.3 cm³/mol. The molecule has 0 saturated carbocycles. The molecule has 0 aromatic carbocycles. The summed E-state index contributed by atoms with van der Waals surface area (Å²) in [6.07, 6.45) is 9.46. The molecule has 0 radical (unpaired) electrons. The lowest BCUT2D eigenvalue weighted by Gasteiger charge is -2.16. The van der Waals surface area contributed by atoms with Gasteiger partial charge >= 0.3 is 0 Å². The molecule has 0 atom stereocenters. The van der Waals surface area contributed by atoms with E-state index in [-0.39, 0.29) is 0 Å². The molecule has 2 heteroatoms. The zero-order valence-corrected chi connectivity index (χ0v) is 7.21. The third-order valence-corrected chi connectivity index (χ3v) is 2.18. The van der Waals surface area contributed by atoms with Crippen LogP contribution in [-0.2, 0) is 0 Å². The third-order valence-electron chi connectivity index (χ3n) is 2.18. The van der Waals surface area contributed by atoms with Crippen LogP contribution in [-0.4, -0.2) is 17.3 Å². The van der Waals surface area contributed by atoms with E-state index in [1.807, 2.05) is 0 Å². The fourth-order valence-electron chi connectivity index (χ4n) is 1.47. The Morgan fingerprint density at radius 1 is 1.27 bits per heavy atom. The second-order valence-electron chi connectivity index (χ2n) is 3.17. The molecular weight excluding hydrogens is 138 g/mol. The summed E-state index contributed by atoms with van der Waals surface area (Å²) in [6.45, 7) is 0. The van der Waals surface area contributed by atoms with Gasteiger partial charge in [0.1, 0.15) is 0 Å². The normalized spacial score (nSPS) is 20.0. The first-order valence-corrected chi connectivity index (χ1v) is 4.42. The van der Waals surface area contributed by atoms with Gasteiger partial charge in [0.2, 0.25) is 0 Å². The molecule has 2 nitrogen and oxygen atoms in total. The Labute approximate surface area is 68.5 Å². The molecule has 0 spiro atoms. The Morgan fingerprint density at radius 3 is 2.73 bits per heavy atom. The molecule has 0 amide bonds. The fourth-order valence-corrected chi connectivity index (χ4v) is 1.47. The van der Waals surface area contributed by atoms with Gasteiger partial charge in [0, 0.05) is 12.7 Å². The van der Waals surface area contributed by atoms with Crippen LogP contribution in [0.5, 0.6) is 0 Å². The van der Waals surface area contributed by atoms with E-state index in [4.69, 9.17) is 5.21 Å². The molecule has 0 unspecified atom stereocenters. The maximum absolute atomic E-state index is 9.16. The lowest BCUT2D eigenvalue weighted by atomic mass is 10.0. The minimum absolute atomic E-state index is 1.03. The summed E-state index contributed by atoms with van der Waals surface area (Å²) >= 11 is 0. The second-order valence-corrected chi connectivity index (χ2v) is 3.17. The van der Waals surface area contributed by atoms with E-state index in [9.17, 15) is 0 Å². The van der Waals surface area contributed by atoms with Crippen molar-refractivity contribution in [1.82, 2.24) is 5.06 Å². The maximum atomic E-state index is 9.16. The summed E-state index contributed by atoms with van der Waals surface area (Å²) < 4.78 is 0. The van der Waals surface area contributed by atoms with Crippen molar-refractivity contribution in [1.29, 1.82) is 0 Å². The average Bonchev–Trinajstić information content (AvgIpc) is 1.84. The van der Waals surface area contributed by atoms with Gasteiger partial charge in [-0.1, -0.05) is 18.9 Å². The largest absolute Gasteiger partial charge is 0.289 e. The zero-order valence-electron chi connectivity index (χ0n) is 7.21. The molecule has 0 aromatic rings. The van der Waals surface area contributed by atoms with Crippen molar-refractivity contribution in [3.63, 3.8) is 0 Å². The molecule has 0 bridgehead atoms. The van der Waals surface area contributed by atoms with Gasteiger partial charge in [-0.25, -0.2) is 0 Å².